The van der Waals surface area contributed by atoms with Crippen molar-refractivity contribution in [3.05, 3.63) is 0 Å². The smallest absolute Gasteiger partial charge is 0.318 e. The Morgan fingerprint density at radius 2 is 1.73 bits per heavy atom. The van der Waals surface area contributed by atoms with Gasteiger partial charge >= 0.3 is 6.03 Å². The van der Waals surface area contributed by atoms with Gasteiger partial charge in [0.25, 0.3) is 0 Å². The number of carbonyl (C=O) groups is 2. The van der Waals surface area contributed by atoms with Gasteiger partial charge in [-0.1, -0.05) is 13.8 Å². The van der Waals surface area contributed by atoms with Crippen LogP contribution in [0.3, 0.4) is 0 Å². The quantitative estimate of drug-likeness (QED) is 0.850. The van der Waals surface area contributed by atoms with E-state index in [1.165, 1.54) is 12.8 Å². The van der Waals surface area contributed by atoms with E-state index in [4.69, 9.17) is 0 Å². The minimum Gasteiger partial charge on any atom is -0.333 e. The molecule has 0 aromatic carbocycles. The van der Waals surface area contributed by atoms with E-state index in [0.717, 1.165) is 44.6 Å². The number of likely N-dealkylation sites (tertiary alicyclic amines) is 1. The lowest BCUT2D eigenvalue weighted by molar-refractivity contribution is -0.120. The van der Waals surface area contributed by atoms with Gasteiger partial charge in [0.05, 0.1) is 6.04 Å². The maximum Gasteiger partial charge on any atom is 0.318 e. The first-order chi connectivity index (χ1) is 10.4. The molecule has 124 valence electrons. The van der Waals surface area contributed by atoms with E-state index in [9.17, 15) is 9.59 Å². The molecule has 1 heterocycles. The number of nitrogens with one attached hydrogen (secondary N) is 1. The predicted octanol–water partition coefficient (Wildman–Crippen LogP) is 3.35. The van der Waals surface area contributed by atoms with Crippen LogP contribution in [0.1, 0.15) is 65.7 Å². The summed E-state index contributed by atoms with van der Waals surface area (Å²) in [5.41, 5.74) is -0.0268. The summed E-state index contributed by atoms with van der Waals surface area (Å²) < 4.78 is 0. The second-order valence-electron chi connectivity index (χ2n) is 8.33. The second kappa shape index (κ2) is 5.86. The Bertz CT molecular complexity index is 442. The summed E-state index contributed by atoms with van der Waals surface area (Å²) in [6.07, 6.45) is 7.71. The highest BCUT2D eigenvalue weighted by Crippen LogP contribution is 2.47. The fraction of sp³-hybridized carbons (Fsp3) is 0.889. The minimum absolute atomic E-state index is 0.000324. The van der Waals surface area contributed by atoms with E-state index >= 15 is 0 Å². The molecule has 0 aromatic rings. The van der Waals surface area contributed by atoms with Gasteiger partial charge in [-0.3, -0.25) is 4.79 Å². The summed E-state index contributed by atoms with van der Waals surface area (Å²) in [5.74, 6) is 2.26. The van der Waals surface area contributed by atoms with Gasteiger partial charge in [-0.05, 0) is 69.6 Å². The third-order valence-corrected chi connectivity index (χ3v) is 5.98. The van der Waals surface area contributed by atoms with Gasteiger partial charge < -0.3 is 10.2 Å². The highest BCUT2D eigenvalue weighted by atomic mass is 16.2. The van der Waals surface area contributed by atoms with Gasteiger partial charge in [-0.25, -0.2) is 4.79 Å². The minimum atomic E-state index is -0.200. The number of ketones is 1. The Labute approximate surface area is 134 Å². The van der Waals surface area contributed by atoms with Crippen molar-refractivity contribution in [1.82, 2.24) is 10.2 Å². The Morgan fingerprint density at radius 1 is 1.09 bits per heavy atom. The van der Waals surface area contributed by atoms with Crippen LogP contribution < -0.4 is 5.32 Å². The molecule has 0 aromatic heterocycles. The van der Waals surface area contributed by atoms with Crippen molar-refractivity contribution in [3.63, 3.8) is 0 Å². The second-order valence-corrected chi connectivity index (χ2v) is 8.33. The van der Waals surface area contributed by atoms with E-state index in [0.29, 0.717) is 11.8 Å². The predicted molar refractivity (Wildman–Crippen MR) is 86.6 cm³/mol. The Balaban J connectivity index is 1.73. The number of urea groups is 1. The van der Waals surface area contributed by atoms with Crippen molar-refractivity contribution in [2.24, 2.45) is 17.8 Å². The summed E-state index contributed by atoms with van der Waals surface area (Å²) in [5, 5.41) is 3.39. The zero-order valence-corrected chi connectivity index (χ0v) is 14.2. The Hall–Kier alpha value is -1.06. The molecule has 22 heavy (non-hydrogen) atoms. The first kappa shape index (κ1) is 15.8. The van der Waals surface area contributed by atoms with Crippen LogP contribution >= 0.6 is 0 Å². The number of fused-ring (bicyclic) bond motifs is 2. The lowest BCUT2D eigenvalue weighted by Gasteiger charge is -2.50. The lowest BCUT2D eigenvalue weighted by atomic mass is 9.61. The number of rotatable bonds is 2. The van der Waals surface area contributed by atoms with Crippen molar-refractivity contribution >= 4 is 11.8 Å². The average Bonchev–Trinajstić information content (AvgIpc) is 2.85. The molecule has 0 spiro atoms. The average molecular weight is 306 g/mol. The van der Waals surface area contributed by atoms with Crippen molar-refractivity contribution in [2.75, 3.05) is 6.54 Å². The molecule has 3 aliphatic rings. The summed E-state index contributed by atoms with van der Waals surface area (Å²) in [4.78, 5) is 26.3. The van der Waals surface area contributed by atoms with Gasteiger partial charge in [-0.15, -0.1) is 0 Å². The molecule has 2 saturated carbocycles. The van der Waals surface area contributed by atoms with E-state index in [2.05, 4.69) is 19.2 Å². The molecular weight excluding hydrogens is 276 g/mol. The first-order valence-corrected chi connectivity index (χ1v) is 8.98. The van der Waals surface area contributed by atoms with Gasteiger partial charge in [0, 0.05) is 12.1 Å². The topological polar surface area (TPSA) is 49.4 Å². The van der Waals surface area contributed by atoms with Crippen molar-refractivity contribution < 1.29 is 9.59 Å². The molecule has 3 rings (SSSR count). The summed E-state index contributed by atoms with van der Waals surface area (Å²) in [7, 11) is 0. The van der Waals surface area contributed by atoms with Crippen LogP contribution in [-0.4, -0.2) is 34.8 Å². The number of hydrogen-bond donors (Lipinski definition) is 1. The van der Waals surface area contributed by atoms with Crippen LogP contribution in [-0.2, 0) is 4.79 Å². The van der Waals surface area contributed by atoms with Crippen LogP contribution in [0.15, 0.2) is 0 Å². The largest absolute Gasteiger partial charge is 0.333 e. The van der Waals surface area contributed by atoms with E-state index in [1.54, 1.807) is 11.8 Å². The van der Waals surface area contributed by atoms with Gasteiger partial charge in [-0.2, -0.15) is 0 Å². The van der Waals surface area contributed by atoms with Gasteiger partial charge in [0.2, 0.25) is 0 Å². The number of Topliss-reactive ketones (excluding diaryl/α,β-unsaturated/α-hetero) is 1. The maximum absolute atomic E-state index is 12.8. The fourth-order valence-electron chi connectivity index (χ4n) is 5.59. The molecule has 1 aliphatic heterocycles. The first-order valence-electron chi connectivity index (χ1n) is 8.98. The van der Waals surface area contributed by atoms with E-state index in [-0.39, 0.29) is 23.4 Å². The lowest BCUT2D eigenvalue weighted by Crippen LogP contribution is -2.60. The zero-order valence-electron chi connectivity index (χ0n) is 14.2. The van der Waals surface area contributed by atoms with E-state index < -0.39 is 0 Å². The molecule has 1 saturated heterocycles. The van der Waals surface area contributed by atoms with Crippen molar-refractivity contribution in [1.29, 1.82) is 0 Å². The molecule has 2 bridgehead atoms. The molecule has 3 unspecified atom stereocenters. The van der Waals surface area contributed by atoms with Crippen LogP contribution in [0.2, 0.25) is 0 Å². The highest BCUT2D eigenvalue weighted by Gasteiger charge is 2.46. The van der Waals surface area contributed by atoms with Crippen LogP contribution in [0.5, 0.6) is 0 Å². The Kier molecular flexibility index (Phi) is 4.21. The number of carbonyl (C=O) groups excluding carboxylic acids is 2. The molecule has 4 nitrogen and oxygen atoms in total. The fourth-order valence-corrected chi connectivity index (χ4v) is 5.59. The molecule has 4 heteroatoms. The Morgan fingerprint density at radius 3 is 2.32 bits per heavy atom. The number of hydrogen-bond acceptors (Lipinski definition) is 2. The van der Waals surface area contributed by atoms with Crippen LogP contribution in [0.4, 0.5) is 4.79 Å². The summed E-state index contributed by atoms with van der Waals surface area (Å²) in [6, 6.07) is -0.200. The standard InChI is InChI=1S/C18H30N2O2/c1-12-7-15-8-13(2)10-18(9-12,11-15)19-17(22)20-6-4-5-16(20)14(3)21/h12-13,15-16H,4-11H2,1-3H3,(H,19,22). The van der Waals surface area contributed by atoms with Gasteiger partial charge in [0.15, 0.2) is 5.78 Å². The number of nitrogens with zero attached hydrogens (tertiary/aromatic N) is 1. The third-order valence-electron chi connectivity index (χ3n) is 5.98. The molecule has 2 aliphatic carbocycles. The molecule has 2 amide bonds. The zero-order chi connectivity index (χ0) is 15.9. The molecule has 1 N–H and O–H groups in total. The summed E-state index contributed by atoms with van der Waals surface area (Å²) >= 11 is 0. The van der Waals surface area contributed by atoms with Crippen molar-refractivity contribution in [3.8, 4) is 0 Å². The highest BCUT2D eigenvalue weighted by molar-refractivity contribution is 5.87. The van der Waals surface area contributed by atoms with Gasteiger partial charge in [0.1, 0.15) is 0 Å². The normalized spacial score (nSPS) is 41.3. The van der Waals surface area contributed by atoms with Crippen LogP contribution in [0, 0.1) is 17.8 Å². The molecule has 3 atom stereocenters. The maximum atomic E-state index is 12.8. The molecule has 0 radical (unpaired) electrons. The third kappa shape index (κ3) is 3.02. The molecular formula is C18H30N2O2. The van der Waals surface area contributed by atoms with Crippen LogP contribution in [0.25, 0.3) is 0 Å². The van der Waals surface area contributed by atoms with Crippen molar-refractivity contribution in [2.45, 2.75) is 77.3 Å². The molecule has 3 fully saturated rings. The van der Waals surface area contributed by atoms with E-state index in [1.807, 2.05) is 0 Å². The summed E-state index contributed by atoms with van der Waals surface area (Å²) in [6.45, 7) is 6.96. The SMILES string of the molecule is CC(=O)C1CCCN1C(=O)NC12CC(C)CC(CC(C)C1)C2. The monoisotopic (exact) mass is 306 g/mol. The number of amides is 2.